The third-order valence-electron chi connectivity index (χ3n) is 4.88. The maximum absolute atomic E-state index is 13.1. The van der Waals surface area contributed by atoms with E-state index in [-0.39, 0.29) is 36.4 Å². The highest BCUT2D eigenvalue weighted by atomic mass is 35.5. The maximum atomic E-state index is 13.1. The average molecular weight is 367 g/mol. The number of urea groups is 1. The molecule has 2 heterocycles. The molecule has 1 aromatic rings. The lowest BCUT2D eigenvalue weighted by atomic mass is 10.0. The number of fused-ring (bicyclic) bond motifs is 2. The van der Waals surface area contributed by atoms with Gasteiger partial charge in [0.25, 0.3) is 0 Å². The number of hydrogen-bond donors (Lipinski definition) is 3. The fourth-order valence-corrected chi connectivity index (χ4v) is 3.66. The molecule has 3 N–H and O–H groups in total. The topological polar surface area (TPSA) is 73.5 Å². The number of nitrogens with one attached hydrogen (secondary N) is 3. The van der Waals surface area contributed by atoms with Gasteiger partial charge in [-0.2, -0.15) is 0 Å². The Kier molecular flexibility index (Phi) is 6.30. The van der Waals surface area contributed by atoms with E-state index in [9.17, 15) is 9.59 Å². The van der Waals surface area contributed by atoms with E-state index in [1.54, 1.807) is 13.8 Å². The van der Waals surface area contributed by atoms with Crippen LogP contribution in [0.2, 0.25) is 0 Å². The molecular formula is C18H27ClN4O2. The Morgan fingerprint density at radius 1 is 1.12 bits per heavy atom. The number of carbonyl (C=O) groups is 2. The zero-order valence-corrected chi connectivity index (χ0v) is 15.6. The second kappa shape index (κ2) is 8.06. The number of hydrogen-bond acceptors (Lipinski definition) is 3. The molecule has 2 atom stereocenters. The van der Waals surface area contributed by atoms with E-state index in [2.05, 4.69) is 16.0 Å². The second-order valence-corrected chi connectivity index (χ2v) is 7.16. The molecule has 0 aromatic heterocycles. The van der Waals surface area contributed by atoms with Gasteiger partial charge >= 0.3 is 6.03 Å². The highest BCUT2D eigenvalue weighted by Gasteiger charge is 2.43. The molecule has 0 radical (unpaired) electrons. The Balaban J connectivity index is 0.00000225. The number of nitrogens with zero attached hydrogens (tertiary/aromatic N) is 1. The van der Waals surface area contributed by atoms with Crippen LogP contribution in [0.5, 0.6) is 0 Å². The summed E-state index contributed by atoms with van der Waals surface area (Å²) in [5.41, 5.74) is -0.235. The van der Waals surface area contributed by atoms with Crippen molar-refractivity contribution in [2.45, 2.75) is 50.7 Å². The van der Waals surface area contributed by atoms with Gasteiger partial charge in [0.05, 0.1) is 0 Å². The zero-order valence-electron chi connectivity index (χ0n) is 14.7. The number of rotatable bonds is 3. The molecule has 3 rings (SSSR count). The van der Waals surface area contributed by atoms with Crippen molar-refractivity contribution in [1.82, 2.24) is 15.5 Å². The molecule has 0 spiro atoms. The molecule has 0 aliphatic carbocycles. The van der Waals surface area contributed by atoms with E-state index in [4.69, 9.17) is 0 Å². The molecular weight excluding hydrogens is 340 g/mol. The minimum atomic E-state index is -0.940. The normalized spacial score (nSPS) is 22.6. The molecule has 0 saturated carbocycles. The van der Waals surface area contributed by atoms with Crippen LogP contribution in [-0.2, 0) is 4.79 Å². The molecule has 2 bridgehead atoms. The molecule has 2 fully saturated rings. The van der Waals surface area contributed by atoms with Crippen LogP contribution in [0, 0.1) is 0 Å². The lowest BCUT2D eigenvalue weighted by Crippen LogP contribution is -2.59. The monoisotopic (exact) mass is 366 g/mol. The van der Waals surface area contributed by atoms with E-state index in [1.807, 2.05) is 35.2 Å². The van der Waals surface area contributed by atoms with Gasteiger partial charge in [-0.15, -0.1) is 12.4 Å². The first kappa shape index (κ1) is 19.5. The van der Waals surface area contributed by atoms with Crippen molar-refractivity contribution in [1.29, 1.82) is 0 Å². The van der Waals surface area contributed by atoms with Crippen LogP contribution >= 0.6 is 12.4 Å². The number of para-hydroxylation sites is 1. The van der Waals surface area contributed by atoms with Crippen molar-refractivity contribution in [3.05, 3.63) is 30.3 Å². The predicted molar refractivity (Wildman–Crippen MR) is 101 cm³/mol. The van der Waals surface area contributed by atoms with Crippen LogP contribution in [0.4, 0.5) is 10.5 Å². The van der Waals surface area contributed by atoms with E-state index in [0.29, 0.717) is 5.69 Å². The third-order valence-corrected chi connectivity index (χ3v) is 4.88. The summed E-state index contributed by atoms with van der Waals surface area (Å²) in [6.07, 6.45) is 3.08. The van der Waals surface area contributed by atoms with Crippen molar-refractivity contribution in [2.24, 2.45) is 0 Å². The van der Waals surface area contributed by atoms with Crippen molar-refractivity contribution in [2.75, 3.05) is 18.4 Å². The van der Waals surface area contributed by atoms with E-state index in [0.717, 1.165) is 32.4 Å². The van der Waals surface area contributed by atoms with Gasteiger partial charge < -0.3 is 20.9 Å². The van der Waals surface area contributed by atoms with E-state index < -0.39 is 5.54 Å². The first-order valence-corrected chi connectivity index (χ1v) is 8.65. The fourth-order valence-electron chi connectivity index (χ4n) is 3.66. The molecule has 2 saturated heterocycles. The molecule has 2 unspecified atom stereocenters. The summed E-state index contributed by atoms with van der Waals surface area (Å²) in [7, 11) is 0. The van der Waals surface area contributed by atoms with Crippen molar-refractivity contribution in [3.8, 4) is 0 Å². The minimum Gasteiger partial charge on any atom is -0.333 e. The fraction of sp³-hybridized carbons (Fsp3) is 0.556. The Labute approximate surface area is 155 Å². The molecule has 7 heteroatoms. The lowest BCUT2D eigenvalue weighted by molar-refractivity contribution is -0.139. The van der Waals surface area contributed by atoms with Gasteiger partial charge in [0.2, 0.25) is 5.91 Å². The van der Waals surface area contributed by atoms with Gasteiger partial charge in [0.15, 0.2) is 0 Å². The van der Waals surface area contributed by atoms with Crippen molar-refractivity contribution in [3.63, 3.8) is 0 Å². The van der Waals surface area contributed by atoms with Crippen LogP contribution < -0.4 is 16.0 Å². The number of halogens is 1. The molecule has 2 aliphatic heterocycles. The average Bonchev–Trinajstić information content (AvgIpc) is 2.79. The summed E-state index contributed by atoms with van der Waals surface area (Å²) < 4.78 is 0. The SMILES string of the molecule is CC(C)(NC(=O)Nc1ccccc1)C(=O)N1C2CCNCC1CC2.Cl. The van der Waals surface area contributed by atoms with Crippen LogP contribution in [0.15, 0.2) is 30.3 Å². The molecule has 3 amide bonds. The number of anilines is 1. The van der Waals surface area contributed by atoms with Crippen LogP contribution in [0.1, 0.15) is 33.1 Å². The first-order valence-electron chi connectivity index (χ1n) is 8.65. The number of carbonyl (C=O) groups excluding carboxylic acids is 2. The molecule has 2 aliphatic rings. The zero-order chi connectivity index (χ0) is 17.2. The van der Waals surface area contributed by atoms with Crippen molar-refractivity contribution >= 4 is 30.0 Å². The largest absolute Gasteiger partial charge is 0.333 e. The minimum absolute atomic E-state index is 0. The highest BCUT2D eigenvalue weighted by molar-refractivity contribution is 5.95. The second-order valence-electron chi connectivity index (χ2n) is 7.16. The summed E-state index contributed by atoms with van der Waals surface area (Å²) in [5.74, 6) is 0.00177. The summed E-state index contributed by atoms with van der Waals surface area (Å²) in [4.78, 5) is 27.3. The van der Waals surface area contributed by atoms with Crippen LogP contribution in [0.3, 0.4) is 0 Å². The summed E-state index contributed by atoms with van der Waals surface area (Å²) in [6.45, 7) is 5.34. The molecule has 6 nitrogen and oxygen atoms in total. The van der Waals surface area contributed by atoms with Crippen LogP contribution in [0.25, 0.3) is 0 Å². The Hall–Kier alpha value is -1.79. The van der Waals surface area contributed by atoms with E-state index >= 15 is 0 Å². The first-order chi connectivity index (χ1) is 11.5. The maximum Gasteiger partial charge on any atom is 0.320 e. The van der Waals surface area contributed by atoms with Gasteiger partial charge in [-0.25, -0.2) is 4.79 Å². The standard InChI is InChI=1S/C18H26N4O2.ClH/c1-18(2,21-17(24)20-13-6-4-3-5-7-13)16(23)22-14-8-9-15(22)12-19-11-10-14;/h3-7,14-15,19H,8-12H2,1-2H3,(H2,20,21,24);1H. The van der Waals surface area contributed by atoms with Gasteiger partial charge in [0, 0.05) is 24.3 Å². The lowest BCUT2D eigenvalue weighted by Gasteiger charge is -2.36. The van der Waals surface area contributed by atoms with Crippen LogP contribution in [-0.4, -0.2) is 47.6 Å². The predicted octanol–water partition coefficient (Wildman–Crippen LogP) is 2.36. The van der Waals surface area contributed by atoms with Crippen molar-refractivity contribution < 1.29 is 9.59 Å². The smallest absolute Gasteiger partial charge is 0.320 e. The number of amides is 3. The van der Waals surface area contributed by atoms with Gasteiger partial charge in [0.1, 0.15) is 5.54 Å². The molecule has 138 valence electrons. The number of benzene rings is 1. The Morgan fingerprint density at radius 3 is 2.52 bits per heavy atom. The summed E-state index contributed by atoms with van der Waals surface area (Å²) in [6, 6.07) is 9.39. The summed E-state index contributed by atoms with van der Waals surface area (Å²) in [5, 5.41) is 9.00. The quantitative estimate of drug-likeness (QED) is 0.768. The molecule has 1 aromatic carbocycles. The third kappa shape index (κ3) is 4.44. The Bertz CT molecular complexity index is 594. The van der Waals surface area contributed by atoms with Gasteiger partial charge in [-0.05, 0) is 51.8 Å². The molecule has 25 heavy (non-hydrogen) atoms. The van der Waals surface area contributed by atoms with Gasteiger partial charge in [-0.1, -0.05) is 18.2 Å². The van der Waals surface area contributed by atoms with Gasteiger partial charge in [-0.3, -0.25) is 4.79 Å². The Morgan fingerprint density at radius 2 is 1.80 bits per heavy atom. The highest BCUT2D eigenvalue weighted by Crippen LogP contribution is 2.30. The summed E-state index contributed by atoms with van der Waals surface area (Å²) >= 11 is 0. The van der Waals surface area contributed by atoms with E-state index in [1.165, 1.54) is 0 Å².